The maximum absolute atomic E-state index is 5.37. The summed E-state index contributed by atoms with van der Waals surface area (Å²) in [6, 6.07) is 0. The molecule has 76 valence electrons. The van der Waals surface area contributed by atoms with Gasteiger partial charge in [-0.1, -0.05) is 6.42 Å². The highest BCUT2D eigenvalue weighted by atomic mass is 16.5. The summed E-state index contributed by atoms with van der Waals surface area (Å²) in [4.78, 5) is 0. The van der Waals surface area contributed by atoms with Crippen molar-refractivity contribution in [2.45, 2.75) is 44.6 Å². The first-order chi connectivity index (χ1) is 6.29. The largest absolute Gasteiger partial charge is 0.381 e. The Morgan fingerprint density at radius 1 is 1.31 bits per heavy atom. The van der Waals surface area contributed by atoms with E-state index in [1.54, 1.807) is 0 Å². The molecule has 2 rings (SSSR count). The van der Waals surface area contributed by atoms with E-state index in [0.717, 1.165) is 19.1 Å². The average molecular weight is 183 g/mol. The summed E-state index contributed by atoms with van der Waals surface area (Å²) in [6.45, 7) is 5.45. The molecule has 1 saturated heterocycles. The Hall–Kier alpha value is -0.0800. The van der Waals surface area contributed by atoms with Gasteiger partial charge in [-0.2, -0.15) is 0 Å². The van der Waals surface area contributed by atoms with Gasteiger partial charge < -0.3 is 10.1 Å². The van der Waals surface area contributed by atoms with Crippen molar-refractivity contribution in [1.82, 2.24) is 5.32 Å². The normalized spacial score (nSPS) is 28.4. The van der Waals surface area contributed by atoms with Crippen LogP contribution in [-0.4, -0.2) is 25.3 Å². The van der Waals surface area contributed by atoms with Crippen molar-refractivity contribution in [2.24, 2.45) is 5.92 Å². The van der Waals surface area contributed by atoms with Crippen LogP contribution in [0.5, 0.6) is 0 Å². The van der Waals surface area contributed by atoms with Gasteiger partial charge in [0, 0.05) is 18.8 Å². The third-order valence-corrected chi connectivity index (χ3v) is 3.64. The predicted octanol–water partition coefficient (Wildman–Crippen LogP) is 1.95. The van der Waals surface area contributed by atoms with Crippen LogP contribution in [0.4, 0.5) is 0 Å². The van der Waals surface area contributed by atoms with Crippen molar-refractivity contribution in [1.29, 1.82) is 0 Å². The molecule has 1 saturated carbocycles. The zero-order valence-electron chi connectivity index (χ0n) is 8.64. The maximum Gasteiger partial charge on any atom is 0.0483 e. The quantitative estimate of drug-likeness (QED) is 0.722. The van der Waals surface area contributed by atoms with Crippen LogP contribution in [0.1, 0.15) is 39.0 Å². The van der Waals surface area contributed by atoms with E-state index < -0.39 is 0 Å². The standard InChI is InChI=1S/C11H21NO/c1-11(5-7-13-8-6-11)12-9-10-3-2-4-10/h10,12H,2-9H2,1H3. The van der Waals surface area contributed by atoms with Crippen LogP contribution in [0.3, 0.4) is 0 Å². The van der Waals surface area contributed by atoms with E-state index in [0.29, 0.717) is 5.54 Å². The Kier molecular flexibility index (Phi) is 2.89. The molecule has 0 bridgehead atoms. The summed E-state index contributed by atoms with van der Waals surface area (Å²) in [6.07, 6.45) is 6.70. The lowest BCUT2D eigenvalue weighted by Gasteiger charge is -2.37. The zero-order chi connectivity index (χ0) is 9.15. The molecule has 1 aliphatic heterocycles. The van der Waals surface area contributed by atoms with Gasteiger partial charge in [-0.25, -0.2) is 0 Å². The third-order valence-electron chi connectivity index (χ3n) is 3.64. The van der Waals surface area contributed by atoms with Gasteiger partial charge in [-0.3, -0.25) is 0 Å². The molecule has 0 radical (unpaired) electrons. The Labute approximate surface area is 81.0 Å². The van der Waals surface area contributed by atoms with E-state index >= 15 is 0 Å². The van der Waals surface area contributed by atoms with Gasteiger partial charge in [0.1, 0.15) is 0 Å². The molecule has 0 atom stereocenters. The van der Waals surface area contributed by atoms with E-state index in [-0.39, 0.29) is 0 Å². The Bertz CT molecular complexity index is 159. The van der Waals surface area contributed by atoms with Crippen molar-refractivity contribution >= 4 is 0 Å². The molecule has 0 amide bonds. The number of ether oxygens (including phenoxy) is 1. The first-order valence-corrected chi connectivity index (χ1v) is 5.61. The minimum atomic E-state index is 0.369. The van der Waals surface area contributed by atoms with Crippen LogP contribution in [0.2, 0.25) is 0 Å². The van der Waals surface area contributed by atoms with Crippen molar-refractivity contribution in [3.8, 4) is 0 Å². The van der Waals surface area contributed by atoms with Crippen LogP contribution in [-0.2, 0) is 4.74 Å². The molecule has 0 aromatic heterocycles. The Morgan fingerprint density at radius 2 is 2.00 bits per heavy atom. The summed E-state index contributed by atoms with van der Waals surface area (Å²) in [5, 5.41) is 3.72. The van der Waals surface area contributed by atoms with E-state index in [1.807, 2.05) is 0 Å². The summed E-state index contributed by atoms with van der Waals surface area (Å²) in [7, 11) is 0. The van der Waals surface area contributed by atoms with Crippen LogP contribution in [0.25, 0.3) is 0 Å². The molecular formula is C11H21NO. The summed E-state index contributed by atoms with van der Waals surface area (Å²) < 4.78 is 5.37. The number of hydrogen-bond donors (Lipinski definition) is 1. The van der Waals surface area contributed by atoms with Crippen molar-refractivity contribution in [3.63, 3.8) is 0 Å². The van der Waals surface area contributed by atoms with Crippen molar-refractivity contribution < 1.29 is 4.74 Å². The number of nitrogens with one attached hydrogen (secondary N) is 1. The van der Waals surface area contributed by atoms with Gasteiger partial charge in [0.2, 0.25) is 0 Å². The van der Waals surface area contributed by atoms with Crippen LogP contribution in [0.15, 0.2) is 0 Å². The van der Waals surface area contributed by atoms with Gasteiger partial charge >= 0.3 is 0 Å². The molecule has 0 unspecified atom stereocenters. The molecule has 2 nitrogen and oxygen atoms in total. The van der Waals surface area contributed by atoms with Crippen LogP contribution in [0, 0.1) is 5.92 Å². The molecule has 1 heterocycles. The molecule has 0 spiro atoms. The van der Waals surface area contributed by atoms with Gasteiger partial charge in [0.05, 0.1) is 0 Å². The molecule has 1 aliphatic carbocycles. The van der Waals surface area contributed by atoms with Crippen LogP contribution < -0.4 is 5.32 Å². The Balaban J connectivity index is 1.71. The van der Waals surface area contributed by atoms with Gasteiger partial charge in [-0.05, 0) is 45.1 Å². The highest BCUT2D eigenvalue weighted by Gasteiger charge is 2.28. The highest BCUT2D eigenvalue weighted by molar-refractivity contribution is 4.87. The van der Waals surface area contributed by atoms with Crippen molar-refractivity contribution in [3.05, 3.63) is 0 Å². The van der Waals surface area contributed by atoms with Crippen molar-refractivity contribution in [2.75, 3.05) is 19.8 Å². The van der Waals surface area contributed by atoms with E-state index in [9.17, 15) is 0 Å². The summed E-state index contributed by atoms with van der Waals surface area (Å²) in [5.41, 5.74) is 0.369. The molecule has 13 heavy (non-hydrogen) atoms. The van der Waals surface area contributed by atoms with E-state index in [4.69, 9.17) is 4.74 Å². The number of rotatable bonds is 3. The SMILES string of the molecule is CC1(NCC2CCC2)CCOCC1. The minimum Gasteiger partial charge on any atom is -0.381 e. The summed E-state index contributed by atoms with van der Waals surface area (Å²) >= 11 is 0. The average Bonchev–Trinajstić information content (AvgIpc) is 2.02. The van der Waals surface area contributed by atoms with Gasteiger partial charge in [-0.15, -0.1) is 0 Å². The van der Waals surface area contributed by atoms with Gasteiger partial charge in [0.15, 0.2) is 0 Å². The molecule has 2 fully saturated rings. The molecule has 1 N–H and O–H groups in total. The highest BCUT2D eigenvalue weighted by Crippen LogP contribution is 2.27. The van der Waals surface area contributed by atoms with Crippen LogP contribution >= 0.6 is 0 Å². The molecule has 2 heteroatoms. The topological polar surface area (TPSA) is 21.3 Å². The predicted molar refractivity (Wildman–Crippen MR) is 53.8 cm³/mol. The van der Waals surface area contributed by atoms with E-state index in [2.05, 4.69) is 12.2 Å². The second-order valence-electron chi connectivity index (χ2n) is 4.85. The Morgan fingerprint density at radius 3 is 2.54 bits per heavy atom. The fourth-order valence-electron chi connectivity index (χ4n) is 2.09. The fourth-order valence-corrected chi connectivity index (χ4v) is 2.09. The minimum absolute atomic E-state index is 0.369. The first kappa shape index (κ1) is 9.47. The maximum atomic E-state index is 5.37. The molecular weight excluding hydrogens is 162 g/mol. The third kappa shape index (κ3) is 2.44. The molecule has 0 aromatic rings. The second-order valence-corrected chi connectivity index (χ2v) is 4.85. The lowest BCUT2D eigenvalue weighted by Crippen LogP contribution is -2.49. The zero-order valence-corrected chi connectivity index (χ0v) is 8.64. The smallest absolute Gasteiger partial charge is 0.0483 e. The summed E-state index contributed by atoms with van der Waals surface area (Å²) in [5.74, 6) is 0.972. The van der Waals surface area contributed by atoms with Gasteiger partial charge in [0.25, 0.3) is 0 Å². The lowest BCUT2D eigenvalue weighted by molar-refractivity contribution is 0.0420. The lowest BCUT2D eigenvalue weighted by atomic mass is 9.84. The number of hydrogen-bond acceptors (Lipinski definition) is 2. The first-order valence-electron chi connectivity index (χ1n) is 5.61. The van der Waals surface area contributed by atoms with E-state index in [1.165, 1.54) is 38.6 Å². The molecule has 2 aliphatic rings. The fraction of sp³-hybridized carbons (Fsp3) is 1.00. The monoisotopic (exact) mass is 183 g/mol. The second kappa shape index (κ2) is 3.97. The molecule has 0 aromatic carbocycles.